The number of aromatic nitrogens is 1. The zero-order chi connectivity index (χ0) is 15.4. The standard InChI is InChI=1S/C18H23BrN2/c1-5-21-17(9-15-8-16(19)11-20-10-15)18-13(3)6-12(2)7-14(18)4/h6-8,10-11,17,21H,5,9H2,1-4H3. The van der Waals surface area contributed by atoms with Crippen molar-refractivity contribution in [3.8, 4) is 0 Å². The molecule has 0 spiro atoms. The molecule has 112 valence electrons. The third-order valence-electron chi connectivity index (χ3n) is 3.74. The van der Waals surface area contributed by atoms with E-state index in [-0.39, 0.29) is 0 Å². The molecule has 0 amide bonds. The normalized spacial score (nSPS) is 12.4. The molecule has 2 rings (SSSR count). The number of hydrogen-bond acceptors (Lipinski definition) is 2. The highest BCUT2D eigenvalue weighted by Crippen LogP contribution is 2.27. The molecule has 0 saturated carbocycles. The highest BCUT2D eigenvalue weighted by Gasteiger charge is 2.16. The number of halogens is 1. The maximum Gasteiger partial charge on any atom is 0.0410 e. The van der Waals surface area contributed by atoms with E-state index < -0.39 is 0 Å². The molecule has 21 heavy (non-hydrogen) atoms. The van der Waals surface area contributed by atoms with Crippen molar-refractivity contribution in [2.75, 3.05) is 6.54 Å². The van der Waals surface area contributed by atoms with Gasteiger partial charge in [-0.15, -0.1) is 0 Å². The van der Waals surface area contributed by atoms with Gasteiger partial charge < -0.3 is 5.32 Å². The predicted octanol–water partition coefficient (Wildman–Crippen LogP) is 4.66. The second kappa shape index (κ2) is 7.19. The van der Waals surface area contributed by atoms with Gasteiger partial charge in [-0.1, -0.05) is 24.6 Å². The molecule has 2 aromatic rings. The lowest BCUT2D eigenvalue weighted by molar-refractivity contribution is 0.544. The summed E-state index contributed by atoms with van der Waals surface area (Å²) in [5, 5.41) is 3.62. The molecule has 1 atom stereocenters. The largest absolute Gasteiger partial charge is 0.310 e. The van der Waals surface area contributed by atoms with E-state index in [1.807, 2.05) is 12.4 Å². The lowest BCUT2D eigenvalue weighted by atomic mass is 9.90. The first-order valence-corrected chi connectivity index (χ1v) is 8.21. The van der Waals surface area contributed by atoms with Crippen molar-refractivity contribution in [3.05, 3.63) is 62.9 Å². The van der Waals surface area contributed by atoms with Gasteiger partial charge in [0.15, 0.2) is 0 Å². The average Bonchev–Trinajstić information content (AvgIpc) is 2.37. The third-order valence-corrected chi connectivity index (χ3v) is 4.17. The van der Waals surface area contributed by atoms with Gasteiger partial charge in [-0.05, 0) is 78.0 Å². The highest BCUT2D eigenvalue weighted by molar-refractivity contribution is 9.10. The maximum absolute atomic E-state index is 4.28. The Balaban J connectivity index is 2.35. The van der Waals surface area contributed by atoms with E-state index in [4.69, 9.17) is 0 Å². The Bertz CT molecular complexity index is 599. The molecule has 2 nitrogen and oxygen atoms in total. The summed E-state index contributed by atoms with van der Waals surface area (Å²) < 4.78 is 1.03. The molecule has 0 aliphatic rings. The summed E-state index contributed by atoms with van der Waals surface area (Å²) in [6, 6.07) is 7.01. The Morgan fingerprint density at radius 3 is 2.33 bits per heavy atom. The van der Waals surface area contributed by atoms with Crippen molar-refractivity contribution in [3.63, 3.8) is 0 Å². The van der Waals surface area contributed by atoms with Crippen LogP contribution in [-0.4, -0.2) is 11.5 Å². The maximum atomic E-state index is 4.28. The van der Waals surface area contributed by atoms with Gasteiger partial charge in [0.05, 0.1) is 0 Å². The van der Waals surface area contributed by atoms with Gasteiger partial charge in [-0.2, -0.15) is 0 Å². The Morgan fingerprint density at radius 1 is 1.10 bits per heavy atom. The summed E-state index contributed by atoms with van der Waals surface area (Å²) in [4.78, 5) is 4.28. The summed E-state index contributed by atoms with van der Waals surface area (Å²) in [5.74, 6) is 0. The Morgan fingerprint density at radius 2 is 1.76 bits per heavy atom. The van der Waals surface area contributed by atoms with Gasteiger partial charge in [0.25, 0.3) is 0 Å². The Labute approximate surface area is 136 Å². The molecule has 1 aromatic heterocycles. The van der Waals surface area contributed by atoms with Crippen molar-refractivity contribution in [2.24, 2.45) is 0 Å². The lowest BCUT2D eigenvalue weighted by Gasteiger charge is -2.23. The number of rotatable bonds is 5. The van der Waals surface area contributed by atoms with Crippen molar-refractivity contribution in [1.82, 2.24) is 10.3 Å². The average molecular weight is 347 g/mol. The van der Waals surface area contributed by atoms with Crippen LogP contribution in [0, 0.1) is 20.8 Å². The Kier molecular flexibility index (Phi) is 5.54. The minimum Gasteiger partial charge on any atom is -0.310 e. The predicted molar refractivity (Wildman–Crippen MR) is 92.7 cm³/mol. The van der Waals surface area contributed by atoms with Gasteiger partial charge >= 0.3 is 0 Å². The molecule has 1 unspecified atom stereocenters. The lowest BCUT2D eigenvalue weighted by Crippen LogP contribution is -2.24. The van der Waals surface area contributed by atoms with Crippen LogP contribution < -0.4 is 5.32 Å². The third kappa shape index (κ3) is 4.14. The van der Waals surface area contributed by atoms with Crippen LogP contribution in [0.1, 0.15) is 40.8 Å². The molecule has 0 bridgehead atoms. The molecule has 0 aliphatic heterocycles. The number of benzene rings is 1. The van der Waals surface area contributed by atoms with Crippen LogP contribution in [0.3, 0.4) is 0 Å². The van der Waals surface area contributed by atoms with Crippen LogP contribution in [0.25, 0.3) is 0 Å². The van der Waals surface area contributed by atoms with Crippen molar-refractivity contribution >= 4 is 15.9 Å². The van der Waals surface area contributed by atoms with Crippen LogP contribution in [0.2, 0.25) is 0 Å². The molecule has 0 fully saturated rings. The van der Waals surface area contributed by atoms with Gasteiger partial charge in [-0.3, -0.25) is 4.98 Å². The van der Waals surface area contributed by atoms with E-state index >= 15 is 0 Å². The van der Waals surface area contributed by atoms with Gasteiger partial charge in [0.1, 0.15) is 0 Å². The minimum absolute atomic E-state index is 0.326. The van der Waals surface area contributed by atoms with Crippen molar-refractivity contribution in [1.29, 1.82) is 0 Å². The van der Waals surface area contributed by atoms with Crippen LogP contribution in [0.5, 0.6) is 0 Å². The monoisotopic (exact) mass is 346 g/mol. The molecular formula is C18H23BrN2. The molecule has 1 aromatic carbocycles. The number of nitrogens with one attached hydrogen (secondary N) is 1. The number of aryl methyl sites for hydroxylation is 3. The van der Waals surface area contributed by atoms with Crippen molar-refractivity contribution < 1.29 is 0 Å². The first-order chi connectivity index (χ1) is 10.0. The fourth-order valence-electron chi connectivity index (χ4n) is 3.07. The molecule has 0 saturated heterocycles. The quantitative estimate of drug-likeness (QED) is 0.851. The number of hydrogen-bond donors (Lipinski definition) is 1. The van der Waals surface area contributed by atoms with Crippen LogP contribution in [-0.2, 0) is 6.42 Å². The smallest absolute Gasteiger partial charge is 0.0410 e. The van der Waals surface area contributed by atoms with Crippen LogP contribution >= 0.6 is 15.9 Å². The molecule has 1 N–H and O–H groups in total. The molecule has 0 radical (unpaired) electrons. The summed E-state index contributed by atoms with van der Waals surface area (Å²) in [7, 11) is 0. The highest BCUT2D eigenvalue weighted by atomic mass is 79.9. The number of nitrogens with zero attached hydrogens (tertiary/aromatic N) is 1. The van der Waals surface area contributed by atoms with Crippen molar-refractivity contribution in [2.45, 2.75) is 40.2 Å². The molecule has 1 heterocycles. The zero-order valence-corrected chi connectivity index (χ0v) is 14.8. The molecule has 0 aliphatic carbocycles. The fourth-order valence-corrected chi connectivity index (χ4v) is 3.48. The van der Waals surface area contributed by atoms with Gasteiger partial charge in [0.2, 0.25) is 0 Å². The van der Waals surface area contributed by atoms with E-state index in [1.165, 1.54) is 27.8 Å². The second-order valence-electron chi connectivity index (χ2n) is 5.64. The van der Waals surface area contributed by atoms with E-state index in [9.17, 15) is 0 Å². The van der Waals surface area contributed by atoms with E-state index in [2.05, 4.69) is 72.1 Å². The molecule has 3 heteroatoms. The SMILES string of the molecule is CCNC(Cc1cncc(Br)c1)c1c(C)cc(C)cc1C. The first kappa shape index (κ1) is 16.2. The minimum atomic E-state index is 0.326. The van der Waals surface area contributed by atoms with Crippen LogP contribution in [0.15, 0.2) is 35.1 Å². The second-order valence-corrected chi connectivity index (χ2v) is 6.55. The number of likely N-dealkylation sites (N-methyl/N-ethyl adjacent to an activating group) is 1. The topological polar surface area (TPSA) is 24.9 Å². The molecular weight excluding hydrogens is 324 g/mol. The van der Waals surface area contributed by atoms with Gasteiger partial charge in [0, 0.05) is 22.9 Å². The van der Waals surface area contributed by atoms with E-state index in [1.54, 1.807) is 0 Å². The number of pyridine rings is 1. The zero-order valence-electron chi connectivity index (χ0n) is 13.2. The van der Waals surface area contributed by atoms with Gasteiger partial charge in [-0.25, -0.2) is 0 Å². The van der Waals surface area contributed by atoms with E-state index in [0.717, 1.165) is 17.4 Å². The summed E-state index contributed by atoms with van der Waals surface area (Å²) in [6.07, 6.45) is 4.73. The summed E-state index contributed by atoms with van der Waals surface area (Å²) in [6.45, 7) is 9.69. The van der Waals surface area contributed by atoms with E-state index in [0.29, 0.717) is 6.04 Å². The fraction of sp³-hybridized carbons (Fsp3) is 0.389. The Hall–Kier alpha value is -1.19. The summed E-state index contributed by atoms with van der Waals surface area (Å²) >= 11 is 3.50. The first-order valence-electron chi connectivity index (χ1n) is 7.41. The summed E-state index contributed by atoms with van der Waals surface area (Å²) in [5.41, 5.74) is 6.72. The van der Waals surface area contributed by atoms with Crippen LogP contribution in [0.4, 0.5) is 0 Å².